The molecule has 2 N–H and O–H groups in total. The summed E-state index contributed by atoms with van der Waals surface area (Å²) in [5.41, 5.74) is 2.96. The molecule has 4 nitrogen and oxygen atoms in total. The van der Waals surface area contributed by atoms with E-state index in [0.29, 0.717) is 15.7 Å². The number of H-pyrrole nitrogens is 1. The SMILES string of the molecule is Cc1[nH]c2ccccc2c1C=C(C#N)C(=O)Nc1cc(Cl)ccc1Cl. The van der Waals surface area contributed by atoms with Gasteiger partial charge >= 0.3 is 0 Å². The molecular formula is C19H13Cl2N3O. The average molecular weight is 370 g/mol. The molecule has 0 unspecified atom stereocenters. The van der Waals surface area contributed by atoms with Crippen molar-refractivity contribution >= 4 is 51.8 Å². The number of halogens is 2. The molecule has 0 aliphatic heterocycles. The quantitative estimate of drug-likeness (QED) is 0.483. The van der Waals surface area contributed by atoms with E-state index in [0.717, 1.165) is 22.2 Å². The van der Waals surface area contributed by atoms with E-state index in [1.165, 1.54) is 6.07 Å². The lowest BCUT2D eigenvalue weighted by Crippen LogP contribution is -2.13. The number of carbonyl (C=O) groups is 1. The molecule has 0 aliphatic rings. The lowest BCUT2D eigenvalue weighted by Gasteiger charge is -2.07. The third-order valence-electron chi connectivity index (χ3n) is 3.77. The molecule has 0 saturated heterocycles. The van der Waals surface area contributed by atoms with Crippen molar-refractivity contribution in [3.05, 3.63) is 69.3 Å². The molecule has 1 aromatic heterocycles. The molecule has 0 bridgehead atoms. The number of benzene rings is 2. The number of carbonyl (C=O) groups excluding carboxylic acids is 1. The highest BCUT2D eigenvalue weighted by molar-refractivity contribution is 6.36. The minimum Gasteiger partial charge on any atom is -0.358 e. The van der Waals surface area contributed by atoms with Gasteiger partial charge in [-0.3, -0.25) is 4.79 Å². The van der Waals surface area contributed by atoms with Crippen LogP contribution in [0.4, 0.5) is 5.69 Å². The Morgan fingerprint density at radius 2 is 2.00 bits per heavy atom. The second-order valence-electron chi connectivity index (χ2n) is 5.46. The van der Waals surface area contributed by atoms with Crippen LogP contribution in [0.1, 0.15) is 11.3 Å². The van der Waals surface area contributed by atoms with Gasteiger partial charge in [0.05, 0.1) is 10.7 Å². The van der Waals surface area contributed by atoms with Gasteiger partial charge in [-0.05, 0) is 37.3 Å². The maximum Gasteiger partial charge on any atom is 0.266 e. The number of aromatic amines is 1. The number of hydrogen-bond acceptors (Lipinski definition) is 2. The van der Waals surface area contributed by atoms with Crippen molar-refractivity contribution in [3.63, 3.8) is 0 Å². The fourth-order valence-corrected chi connectivity index (χ4v) is 2.90. The van der Waals surface area contributed by atoms with Crippen LogP contribution in [0.2, 0.25) is 10.0 Å². The zero-order valence-corrected chi connectivity index (χ0v) is 14.7. The Balaban J connectivity index is 1.97. The molecule has 25 heavy (non-hydrogen) atoms. The first kappa shape index (κ1) is 17.1. The fraction of sp³-hybridized carbons (Fsp3) is 0.0526. The van der Waals surface area contributed by atoms with Crippen molar-refractivity contribution in [2.24, 2.45) is 0 Å². The number of nitrogens with zero attached hydrogens (tertiary/aromatic N) is 1. The van der Waals surface area contributed by atoms with Crippen LogP contribution in [-0.2, 0) is 4.79 Å². The van der Waals surface area contributed by atoms with Gasteiger partial charge < -0.3 is 10.3 Å². The summed E-state index contributed by atoms with van der Waals surface area (Å²) in [4.78, 5) is 15.7. The molecule has 6 heteroatoms. The Morgan fingerprint density at radius 1 is 1.24 bits per heavy atom. The average Bonchev–Trinajstić information content (AvgIpc) is 2.91. The molecule has 0 spiro atoms. The van der Waals surface area contributed by atoms with E-state index >= 15 is 0 Å². The zero-order valence-electron chi connectivity index (χ0n) is 13.2. The van der Waals surface area contributed by atoms with E-state index in [-0.39, 0.29) is 5.57 Å². The van der Waals surface area contributed by atoms with Gasteiger partial charge in [-0.25, -0.2) is 0 Å². The molecule has 3 rings (SSSR count). The van der Waals surface area contributed by atoms with E-state index in [1.54, 1.807) is 18.2 Å². The molecular weight excluding hydrogens is 357 g/mol. The van der Waals surface area contributed by atoms with E-state index in [2.05, 4.69) is 10.3 Å². The normalized spacial score (nSPS) is 11.4. The summed E-state index contributed by atoms with van der Waals surface area (Å²) in [6.45, 7) is 1.90. The van der Waals surface area contributed by atoms with E-state index in [9.17, 15) is 10.1 Å². The lowest BCUT2D eigenvalue weighted by molar-refractivity contribution is -0.112. The largest absolute Gasteiger partial charge is 0.358 e. The minimum absolute atomic E-state index is 0.0242. The number of fused-ring (bicyclic) bond motifs is 1. The number of aryl methyl sites for hydroxylation is 1. The Labute approximate surface area is 154 Å². The summed E-state index contributed by atoms with van der Waals surface area (Å²) < 4.78 is 0. The molecule has 0 aliphatic carbocycles. The van der Waals surface area contributed by atoms with E-state index in [1.807, 2.05) is 37.3 Å². The fourth-order valence-electron chi connectivity index (χ4n) is 2.56. The van der Waals surface area contributed by atoms with Gasteiger partial charge in [0.15, 0.2) is 0 Å². The van der Waals surface area contributed by atoms with Gasteiger partial charge in [0.2, 0.25) is 0 Å². The van der Waals surface area contributed by atoms with Crippen molar-refractivity contribution in [1.29, 1.82) is 5.26 Å². The van der Waals surface area contributed by atoms with Crippen LogP contribution >= 0.6 is 23.2 Å². The molecule has 0 fully saturated rings. The predicted molar refractivity (Wildman–Crippen MR) is 102 cm³/mol. The van der Waals surface area contributed by atoms with Crippen LogP contribution in [0.5, 0.6) is 0 Å². The summed E-state index contributed by atoms with van der Waals surface area (Å²) in [5, 5.41) is 13.8. The third-order valence-corrected chi connectivity index (χ3v) is 4.34. The van der Waals surface area contributed by atoms with Crippen molar-refractivity contribution in [1.82, 2.24) is 4.98 Å². The Morgan fingerprint density at radius 3 is 2.76 bits per heavy atom. The number of para-hydroxylation sites is 1. The Bertz CT molecular complexity index is 1040. The molecule has 1 amide bonds. The molecule has 1 heterocycles. The van der Waals surface area contributed by atoms with Crippen LogP contribution in [0, 0.1) is 18.3 Å². The molecule has 0 radical (unpaired) electrons. The summed E-state index contributed by atoms with van der Waals surface area (Å²) in [6.07, 6.45) is 1.57. The summed E-state index contributed by atoms with van der Waals surface area (Å²) >= 11 is 12.0. The van der Waals surface area contributed by atoms with Crippen molar-refractivity contribution in [2.45, 2.75) is 6.92 Å². The monoisotopic (exact) mass is 369 g/mol. The number of hydrogen-bond donors (Lipinski definition) is 2. The highest BCUT2D eigenvalue weighted by atomic mass is 35.5. The van der Waals surface area contributed by atoms with Gasteiger partial charge in [-0.15, -0.1) is 0 Å². The van der Waals surface area contributed by atoms with Gasteiger partial charge in [-0.1, -0.05) is 41.4 Å². The molecule has 2 aromatic carbocycles. The first-order valence-electron chi connectivity index (χ1n) is 7.45. The molecule has 0 atom stereocenters. The molecule has 0 saturated carbocycles. The second-order valence-corrected chi connectivity index (χ2v) is 6.30. The Hall–Kier alpha value is -2.74. The summed E-state index contributed by atoms with van der Waals surface area (Å²) in [6, 6.07) is 14.4. The van der Waals surface area contributed by atoms with Gasteiger partial charge in [0, 0.05) is 27.2 Å². The van der Waals surface area contributed by atoms with Crippen molar-refractivity contribution < 1.29 is 4.79 Å². The highest BCUT2D eigenvalue weighted by Crippen LogP contribution is 2.27. The van der Waals surface area contributed by atoms with E-state index in [4.69, 9.17) is 23.2 Å². The summed E-state index contributed by atoms with van der Waals surface area (Å²) in [7, 11) is 0. The van der Waals surface area contributed by atoms with Crippen LogP contribution in [0.3, 0.4) is 0 Å². The van der Waals surface area contributed by atoms with Crippen LogP contribution in [0.25, 0.3) is 17.0 Å². The number of aromatic nitrogens is 1. The van der Waals surface area contributed by atoms with Crippen molar-refractivity contribution in [2.75, 3.05) is 5.32 Å². The topological polar surface area (TPSA) is 68.7 Å². The second kappa shape index (κ2) is 7.02. The number of rotatable bonds is 3. The molecule has 124 valence electrons. The standard InChI is InChI=1S/C19H13Cl2N3O/c1-11-15(14-4-2-3-5-17(14)23-11)8-12(10-22)19(25)24-18-9-13(20)6-7-16(18)21/h2-9,23H,1H3,(H,24,25). The smallest absolute Gasteiger partial charge is 0.266 e. The number of anilines is 1. The zero-order chi connectivity index (χ0) is 18.0. The van der Waals surface area contributed by atoms with Gasteiger partial charge in [0.1, 0.15) is 11.6 Å². The van der Waals surface area contributed by atoms with Gasteiger partial charge in [-0.2, -0.15) is 5.26 Å². The first-order chi connectivity index (χ1) is 12.0. The van der Waals surface area contributed by atoms with E-state index < -0.39 is 5.91 Å². The summed E-state index contributed by atoms with van der Waals surface area (Å²) in [5.74, 6) is -0.545. The lowest BCUT2D eigenvalue weighted by atomic mass is 10.1. The van der Waals surface area contributed by atoms with Crippen LogP contribution in [0.15, 0.2) is 48.0 Å². The van der Waals surface area contributed by atoms with Gasteiger partial charge in [0.25, 0.3) is 5.91 Å². The minimum atomic E-state index is -0.545. The maximum atomic E-state index is 12.5. The number of nitrogens with one attached hydrogen (secondary N) is 2. The maximum absolute atomic E-state index is 12.5. The Kier molecular flexibility index (Phi) is 4.80. The third kappa shape index (κ3) is 3.53. The number of nitriles is 1. The van der Waals surface area contributed by atoms with Crippen LogP contribution < -0.4 is 5.32 Å². The predicted octanol–water partition coefficient (Wildman–Crippen LogP) is 5.33. The van der Waals surface area contributed by atoms with Crippen molar-refractivity contribution in [3.8, 4) is 6.07 Å². The number of amides is 1. The highest BCUT2D eigenvalue weighted by Gasteiger charge is 2.14. The van der Waals surface area contributed by atoms with Crippen LogP contribution in [-0.4, -0.2) is 10.9 Å². The molecule has 3 aromatic rings. The first-order valence-corrected chi connectivity index (χ1v) is 8.20.